The Morgan fingerprint density at radius 3 is 2.78 bits per heavy atom. The van der Waals surface area contributed by atoms with Gasteiger partial charge in [-0.2, -0.15) is 0 Å². The van der Waals surface area contributed by atoms with Crippen molar-refractivity contribution in [1.29, 1.82) is 0 Å². The lowest BCUT2D eigenvalue weighted by atomic mass is 10.2. The molecule has 0 aromatic rings. The van der Waals surface area contributed by atoms with E-state index < -0.39 is 6.29 Å². The second kappa shape index (κ2) is 6.05. The van der Waals surface area contributed by atoms with Gasteiger partial charge in [0.05, 0.1) is 0 Å². The summed E-state index contributed by atoms with van der Waals surface area (Å²) in [6.07, 6.45) is 1.93. The number of hydrogen-bond donors (Lipinski definition) is 1. The van der Waals surface area contributed by atoms with Crippen LogP contribution >= 0.6 is 0 Å². The molecule has 0 heterocycles. The quantitative estimate of drug-likeness (QED) is 0.570. The molecule has 55 valence electrons. The highest BCUT2D eigenvalue weighted by Crippen LogP contribution is 2.00. The second-order valence-electron chi connectivity index (χ2n) is 1.91. The van der Waals surface area contributed by atoms with Crippen LogP contribution in [0.5, 0.6) is 0 Å². The molecule has 9 heavy (non-hydrogen) atoms. The van der Waals surface area contributed by atoms with E-state index in [4.69, 9.17) is 9.84 Å². The molecular weight excluding hydrogens is 116 g/mol. The highest BCUT2D eigenvalue weighted by Gasteiger charge is 1.99. The number of aliphatic hydroxyl groups excluding tert-OH is 1. The lowest BCUT2D eigenvalue weighted by molar-refractivity contribution is -0.0990. The maximum absolute atomic E-state index is 8.93. The van der Waals surface area contributed by atoms with Crippen LogP contribution in [0.15, 0.2) is 0 Å². The molecule has 2 nitrogen and oxygen atoms in total. The third kappa shape index (κ3) is 5.80. The van der Waals surface area contributed by atoms with Crippen molar-refractivity contribution in [2.75, 3.05) is 6.61 Å². The molecule has 0 aromatic heterocycles. The first-order valence-electron chi connectivity index (χ1n) is 3.40. The van der Waals surface area contributed by atoms with Crippen LogP contribution in [0.2, 0.25) is 0 Å². The van der Waals surface area contributed by atoms with Gasteiger partial charge >= 0.3 is 0 Å². The molecular formula is C7H15O2. The van der Waals surface area contributed by atoms with Crippen molar-refractivity contribution in [3.05, 3.63) is 6.92 Å². The molecule has 0 aliphatic heterocycles. The first-order chi connectivity index (χ1) is 4.31. The van der Waals surface area contributed by atoms with E-state index in [1.807, 2.05) is 6.92 Å². The predicted octanol–water partition coefficient (Wildman–Crippen LogP) is 1.35. The molecule has 0 aromatic carbocycles. The molecule has 1 radical (unpaired) electrons. The highest BCUT2D eigenvalue weighted by molar-refractivity contribution is 4.44. The van der Waals surface area contributed by atoms with Crippen molar-refractivity contribution in [3.63, 3.8) is 0 Å². The Bertz CT molecular complexity index is 54.9. The van der Waals surface area contributed by atoms with E-state index in [1.165, 1.54) is 0 Å². The monoisotopic (exact) mass is 131 g/mol. The Hall–Kier alpha value is -0.0800. The Kier molecular flexibility index (Phi) is 5.99. The zero-order chi connectivity index (χ0) is 7.11. The van der Waals surface area contributed by atoms with Gasteiger partial charge in [0, 0.05) is 6.61 Å². The Balaban J connectivity index is 2.95. The van der Waals surface area contributed by atoms with Gasteiger partial charge in [0.15, 0.2) is 6.29 Å². The van der Waals surface area contributed by atoms with Crippen LogP contribution in [-0.4, -0.2) is 18.0 Å². The average molecular weight is 131 g/mol. The van der Waals surface area contributed by atoms with Gasteiger partial charge in [-0.3, -0.25) is 0 Å². The second-order valence-corrected chi connectivity index (χ2v) is 1.91. The number of rotatable bonds is 5. The number of ether oxygens (including phenoxy) is 1. The Morgan fingerprint density at radius 1 is 1.67 bits per heavy atom. The molecule has 0 rings (SSSR count). The van der Waals surface area contributed by atoms with E-state index >= 15 is 0 Å². The van der Waals surface area contributed by atoms with Crippen LogP contribution in [0, 0.1) is 6.92 Å². The van der Waals surface area contributed by atoms with E-state index in [-0.39, 0.29) is 0 Å². The normalized spacial score (nSPS) is 13.7. The fourth-order valence-electron chi connectivity index (χ4n) is 0.595. The summed E-state index contributed by atoms with van der Waals surface area (Å²) >= 11 is 0. The van der Waals surface area contributed by atoms with Crippen LogP contribution in [0.25, 0.3) is 0 Å². The summed E-state index contributed by atoms with van der Waals surface area (Å²) in [4.78, 5) is 0. The maximum atomic E-state index is 8.93. The van der Waals surface area contributed by atoms with Crippen LogP contribution < -0.4 is 0 Å². The molecule has 1 unspecified atom stereocenters. The van der Waals surface area contributed by atoms with E-state index in [0.29, 0.717) is 13.0 Å². The van der Waals surface area contributed by atoms with Gasteiger partial charge in [-0.05, 0) is 19.8 Å². The number of aliphatic hydroxyl groups is 1. The van der Waals surface area contributed by atoms with Gasteiger partial charge in [-0.1, -0.05) is 13.3 Å². The van der Waals surface area contributed by atoms with E-state index in [2.05, 4.69) is 6.92 Å². The molecule has 0 aliphatic carbocycles. The van der Waals surface area contributed by atoms with Crippen molar-refractivity contribution in [2.24, 2.45) is 0 Å². The summed E-state index contributed by atoms with van der Waals surface area (Å²) in [7, 11) is 0. The van der Waals surface area contributed by atoms with E-state index in [0.717, 1.165) is 12.8 Å². The lowest BCUT2D eigenvalue weighted by Crippen LogP contribution is -2.10. The summed E-state index contributed by atoms with van der Waals surface area (Å²) in [5.74, 6) is 0. The fraction of sp³-hybridized carbons (Fsp3) is 0.857. The van der Waals surface area contributed by atoms with Gasteiger partial charge in [0.1, 0.15) is 0 Å². The van der Waals surface area contributed by atoms with Gasteiger partial charge in [0.25, 0.3) is 0 Å². The maximum Gasteiger partial charge on any atom is 0.154 e. The minimum Gasteiger partial charge on any atom is -0.368 e. The molecule has 0 saturated heterocycles. The van der Waals surface area contributed by atoms with Gasteiger partial charge in [-0.25, -0.2) is 0 Å². The standard InChI is InChI=1S/C7H15O2/c1-3-5-6-7(8)9-4-2/h7-8H,1,3-6H2,2H3. The summed E-state index contributed by atoms with van der Waals surface area (Å²) in [6, 6.07) is 0. The zero-order valence-corrected chi connectivity index (χ0v) is 5.97. The molecule has 0 amide bonds. The predicted molar refractivity (Wildman–Crippen MR) is 36.8 cm³/mol. The summed E-state index contributed by atoms with van der Waals surface area (Å²) < 4.78 is 4.87. The summed E-state index contributed by atoms with van der Waals surface area (Å²) in [6.45, 7) is 6.10. The van der Waals surface area contributed by atoms with Crippen molar-refractivity contribution in [3.8, 4) is 0 Å². The van der Waals surface area contributed by atoms with Crippen LogP contribution in [0.4, 0.5) is 0 Å². The van der Waals surface area contributed by atoms with Crippen molar-refractivity contribution in [2.45, 2.75) is 32.5 Å². The third-order valence-corrected chi connectivity index (χ3v) is 1.06. The first kappa shape index (κ1) is 8.92. The molecule has 0 bridgehead atoms. The molecule has 1 N–H and O–H groups in total. The number of unbranched alkanes of at least 4 members (excludes halogenated alkanes) is 1. The van der Waals surface area contributed by atoms with Crippen LogP contribution in [-0.2, 0) is 4.74 Å². The minimum atomic E-state index is -0.572. The van der Waals surface area contributed by atoms with E-state index in [1.54, 1.807) is 0 Å². The summed E-state index contributed by atoms with van der Waals surface area (Å²) in [5, 5.41) is 8.93. The van der Waals surface area contributed by atoms with Gasteiger partial charge in [0.2, 0.25) is 0 Å². The molecule has 0 saturated carbocycles. The Labute approximate surface area is 56.8 Å². The average Bonchev–Trinajstić information content (AvgIpc) is 1.85. The zero-order valence-electron chi connectivity index (χ0n) is 5.97. The van der Waals surface area contributed by atoms with Gasteiger partial charge < -0.3 is 9.84 Å². The lowest BCUT2D eigenvalue weighted by Gasteiger charge is -2.07. The van der Waals surface area contributed by atoms with Crippen molar-refractivity contribution >= 4 is 0 Å². The highest BCUT2D eigenvalue weighted by atomic mass is 16.6. The van der Waals surface area contributed by atoms with Crippen molar-refractivity contribution < 1.29 is 9.84 Å². The molecule has 0 fully saturated rings. The van der Waals surface area contributed by atoms with Crippen LogP contribution in [0.3, 0.4) is 0 Å². The van der Waals surface area contributed by atoms with Crippen LogP contribution in [0.1, 0.15) is 26.2 Å². The third-order valence-electron chi connectivity index (χ3n) is 1.06. The van der Waals surface area contributed by atoms with Crippen molar-refractivity contribution in [1.82, 2.24) is 0 Å². The van der Waals surface area contributed by atoms with E-state index in [9.17, 15) is 0 Å². The largest absolute Gasteiger partial charge is 0.368 e. The fourth-order valence-corrected chi connectivity index (χ4v) is 0.595. The first-order valence-corrected chi connectivity index (χ1v) is 3.40. The molecule has 1 atom stereocenters. The molecule has 0 aliphatic rings. The Morgan fingerprint density at radius 2 is 2.33 bits per heavy atom. The van der Waals surface area contributed by atoms with Gasteiger partial charge in [-0.15, -0.1) is 0 Å². The molecule has 0 spiro atoms. The number of hydrogen-bond acceptors (Lipinski definition) is 2. The minimum absolute atomic E-state index is 0.572. The molecule has 2 heteroatoms. The smallest absolute Gasteiger partial charge is 0.154 e. The topological polar surface area (TPSA) is 29.5 Å². The summed E-state index contributed by atoms with van der Waals surface area (Å²) in [5.41, 5.74) is 0. The SMILES string of the molecule is [CH2]CCCC(O)OCC.